The summed E-state index contributed by atoms with van der Waals surface area (Å²) < 4.78 is 7.09. The molecule has 0 atom stereocenters. The fourth-order valence-electron chi connectivity index (χ4n) is 24.1. The second-order valence-electron chi connectivity index (χ2n) is 39.0. The van der Waals surface area contributed by atoms with Crippen molar-refractivity contribution < 1.29 is 0 Å². The van der Waals surface area contributed by atoms with E-state index in [0.717, 1.165) is 73.0 Å². The highest BCUT2D eigenvalue weighted by Crippen LogP contribution is 2.61. The zero-order chi connectivity index (χ0) is 99.1. The first-order valence-electron chi connectivity index (χ1n) is 50.7. The number of nitrogens with zero attached hydrogens (tertiary/aromatic N) is 12. The summed E-state index contributed by atoms with van der Waals surface area (Å²) in [5.41, 5.74) is 41.2. The van der Waals surface area contributed by atoms with Crippen LogP contribution in [0, 0.1) is 0 Å². The normalized spacial score (nSPS) is 13.3. The van der Waals surface area contributed by atoms with Gasteiger partial charge in [-0.2, -0.15) is 0 Å². The molecular formula is C137H96N12. The van der Waals surface area contributed by atoms with E-state index in [1.54, 1.807) is 19.0 Å². The van der Waals surface area contributed by atoms with Gasteiger partial charge in [-0.15, -0.1) is 0 Å². The van der Waals surface area contributed by atoms with E-state index in [1.165, 1.54) is 161 Å². The molecule has 704 valence electrons. The molecule has 0 fully saturated rings. The standard InChI is InChI=1S/C53H36N4.C47H32N4.C37H28N4/c1-3-13-41(14-4-1)53(47-18-8-11-21-51(47)57(43-15-5-2-6-16-43)52-22-12-9-19-48(52)53)42-28-23-37(24-29-42)39-27-32-50-46(33-39)45-17-7-10-20-49(45)56(50)44-30-25-38(26-31-44)40-34-54-36-55-35-40;1-3-13-35(14-4-1)47(36-15-5-2-6-16-36)41-18-8-11-21-45(41)51(46-22-12-9-19-42(46)47)38-27-28-44-40(29-38)39-17-7-10-20-43(39)50(44)37-25-23-33(24-26-37)34-30-48-32-49-31-34;1-37(2)31-10-4-7-13-35(31)41(36-14-8-5-11-32(36)37)28-19-20-34-30(21-28)29-9-3-6-12-33(29)40(34)27-17-15-25(16-18-27)26-22-38-24-39-23-26/h1-36H;1-32H;3-24H,1-2H3. The van der Waals surface area contributed by atoms with Gasteiger partial charge in [0.15, 0.2) is 0 Å². The van der Waals surface area contributed by atoms with Gasteiger partial charge in [-0.05, 0) is 235 Å². The van der Waals surface area contributed by atoms with Crippen molar-refractivity contribution in [2.45, 2.75) is 30.1 Å². The number of hydrogen-bond acceptors (Lipinski definition) is 9. The van der Waals surface area contributed by atoms with Crippen molar-refractivity contribution in [3.05, 3.63) is 603 Å². The van der Waals surface area contributed by atoms with Gasteiger partial charge in [0, 0.05) is 126 Å². The highest BCUT2D eigenvalue weighted by Gasteiger charge is 2.49. The predicted molar refractivity (Wildman–Crippen MR) is 611 cm³/mol. The van der Waals surface area contributed by atoms with Gasteiger partial charge >= 0.3 is 0 Å². The molecule has 9 heterocycles. The van der Waals surface area contributed by atoms with Crippen LogP contribution in [-0.4, -0.2) is 43.6 Å². The summed E-state index contributed by atoms with van der Waals surface area (Å²) in [6.45, 7) is 4.66. The van der Waals surface area contributed by atoms with Crippen LogP contribution in [0.4, 0.5) is 51.2 Å². The summed E-state index contributed by atoms with van der Waals surface area (Å²) in [6.07, 6.45) is 15.8. The Hall–Kier alpha value is -19.6. The smallest absolute Gasteiger partial charge is 0.115 e. The number of hydrogen-bond donors (Lipinski definition) is 0. The molecule has 12 heteroatoms. The third-order valence-electron chi connectivity index (χ3n) is 30.7. The van der Waals surface area contributed by atoms with Crippen LogP contribution in [0.15, 0.2) is 548 Å². The molecular weight excluding hydrogens is 1810 g/mol. The zero-order valence-electron chi connectivity index (χ0n) is 81.8. The van der Waals surface area contributed by atoms with Crippen molar-refractivity contribution in [3.8, 4) is 61.6 Å². The third kappa shape index (κ3) is 14.6. The Balaban J connectivity index is 0.000000112. The Kier molecular flexibility index (Phi) is 21.8. The molecule has 0 unspecified atom stereocenters. The van der Waals surface area contributed by atoms with Crippen molar-refractivity contribution in [2.24, 2.45) is 0 Å². The molecule has 0 spiro atoms. The van der Waals surface area contributed by atoms with E-state index in [2.05, 4.69) is 564 Å². The first-order valence-corrected chi connectivity index (χ1v) is 50.7. The van der Waals surface area contributed by atoms with Crippen molar-refractivity contribution in [1.29, 1.82) is 0 Å². The molecule has 0 saturated carbocycles. The number of benzene rings is 20. The molecule has 0 radical (unpaired) electrons. The fraction of sp³-hybridized carbons (Fsp3) is 0.0365. The van der Waals surface area contributed by atoms with E-state index >= 15 is 0 Å². The van der Waals surface area contributed by atoms with E-state index in [1.807, 2.05) is 37.2 Å². The molecule has 0 saturated heterocycles. The first-order chi connectivity index (χ1) is 73.7. The van der Waals surface area contributed by atoms with Crippen LogP contribution in [0.3, 0.4) is 0 Å². The minimum Gasteiger partial charge on any atom is -0.310 e. The highest BCUT2D eigenvalue weighted by atomic mass is 15.2. The molecule has 3 aliphatic rings. The van der Waals surface area contributed by atoms with Crippen molar-refractivity contribution in [2.75, 3.05) is 14.7 Å². The van der Waals surface area contributed by atoms with Gasteiger partial charge in [0.05, 0.1) is 78.1 Å². The lowest BCUT2D eigenvalue weighted by atomic mass is 9.62. The zero-order valence-corrected chi connectivity index (χ0v) is 81.8. The van der Waals surface area contributed by atoms with Gasteiger partial charge in [-0.1, -0.05) is 354 Å². The number of aromatic nitrogens is 9. The van der Waals surface area contributed by atoms with E-state index in [-0.39, 0.29) is 5.41 Å². The van der Waals surface area contributed by atoms with Crippen molar-refractivity contribution in [3.63, 3.8) is 0 Å². The van der Waals surface area contributed by atoms with Crippen LogP contribution in [0.25, 0.3) is 127 Å². The van der Waals surface area contributed by atoms with Crippen LogP contribution >= 0.6 is 0 Å². The fourth-order valence-corrected chi connectivity index (χ4v) is 24.1. The maximum atomic E-state index is 4.21. The monoisotopic (exact) mass is 1910 g/mol. The second-order valence-corrected chi connectivity index (χ2v) is 39.0. The lowest BCUT2D eigenvalue weighted by molar-refractivity contribution is 0.632. The number of fused-ring (bicyclic) bond motifs is 15. The van der Waals surface area contributed by atoms with Crippen LogP contribution in [0.5, 0.6) is 0 Å². The van der Waals surface area contributed by atoms with E-state index in [0.29, 0.717) is 0 Å². The number of para-hydroxylation sites is 10. The summed E-state index contributed by atoms with van der Waals surface area (Å²) in [5.74, 6) is 0. The van der Waals surface area contributed by atoms with E-state index in [9.17, 15) is 0 Å². The SMILES string of the molecule is CC1(C)c2ccccc2N(c2ccc3c(c2)c2ccccc2n3-c2ccc(-c3cncnc3)cc2)c2ccccc21.c1ccc(C2(c3ccccc3)c3ccccc3N(c3ccc4c(c3)c3ccccc3n4-c3ccc(-c4cncnc4)cc3)c3ccccc32)cc1.c1ccc(N2c3ccccc3C(c3ccccc3)(c3ccc(-c4ccc5c(c4)c4ccccc4n5-c4ccc(-c5cncnc5)cc4)cc3)c3ccccc32)cc1. The Morgan fingerprint density at radius 2 is 0.389 bits per heavy atom. The van der Waals surface area contributed by atoms with Gasteiger partial charge in [0.25, 0.3) is 0 Å². The minimum atomic E-state index is -0.543. The third-order valence-corrected chi connectivity index (χ3v) is 30.7. The number of anilines is 9. The Morgan fingerprint density at radius 3 is 0.725 bits per heavy atom. The molecule has 6 aromatic heterocycles. The molecule has 26 aromatic rings. The van der Waals surface area contributed by atoms with Gasteiger partial charge in [-0.3, -0.25) is 0 Å². The highest BCUT2D eigenvalue weighted by molar-refractivity contribution is 6.14. The molecule has 12 nitrogen and oxygen atoms in total. The van der Waals surface area contributed by atoms with Crippen LogP contribution in [-0.2, 0) is 16.2 Å². The molecule has 0 amide bonds. The molecule has 3 aliphatic heterocycles. The Labute approximate surface area is 863 Å². The number of rotatable bonds is 14. The van der Waals surface area contributed by atoms with Gasteiger partial charge in [0.1, 0.15) is 19.0 Å². The Morgan fingerprint density at radius 1 is 0.161 bits per heavy atom. The van der Waals surface area contributed by atoms with Crippen molar-refractivity contribution in [1.82, 2.24) is 43.6 Å². The van der Waals surface area contributed by atoms with Crippen LogP contribution < -0.4 is 14.7 Å². The summed E-state index contributed by atoms with van der Waals surface area (Å²) >= 11 is 0. The molecule has 0 aliphatic carbocycles. The summed E-state index contributed by atoms with van der Waals surface area (Å²) in [6, 6.07) is 179. The lowest BCUT2D eigenvalue weighted by Gasteiger charge is -2.46. The topological polar surface area (TPSA) is 102 Å². The van der Waals surface area contributed by atoms with Crippen LogP contribution in [0.2, 0.25) is 0 Å². The molecule has 20 aromatic carbocycles. The van der Waals surface area contributed by atoms with E-state index in [4.69, 9.17) is 0 Å². The Bertz CT molecular complexity index is 9350. The molecule has 149 heavy (non-hydrogen) atoms. The van der Waals surface area contributed by atoms with Gasteiger partial charge in [0.2, 0.25) is 0 Å². The van der Waals surface area contributed by atoms with E-state index < -0.39 is 10.8 Å². The second kappa shape index (κ2) is 36.7. The van der Waals surface area contributed by atoms with Crippen molar-refractivity contribution >= 4 is 117 Å². The molecule has 29 rings (SSSR count). The average molecular weight is 1910 g/mol. The predicted octanol–water partition coefficient (Wildman–Crippen LogP) is 33.8. The first kappa shape index (κ1) is 88.4. The summed E-state index contributed by atoms with van der Waals surface area (Å²) in [7, 11) is 0. The summed E-state index contributed by atoms with van der Waals surface area (Å²) in [4.78, 5) is 32.5. The maximum Gasteiger partial charge on any atom is 0.115 e. The minimum absolute atomic E-state index is 0.0815. The molecule has 0 N–H and O–H groups in total. The van der Waals surface area contributed by atoms with Gasteiger partial charge < -0.3 is 28.4 Å². The lowest BCUT2D eigenvalue weighted by Crippen LogP contribution is -2.37. The largest absolute Gasteiger partial charge is 0.310 e. The summed E-state index contributed by atoms with van der Waals surface area (Å²) in [5, 5.41) is 7.36. The average Bonchev–Trinajstić information content (AvgIpc) is 1.47. The molecule has 0 bridgehead atoms. The maximum absolute atomic E-state index is 4.21. The van der Waals surface area contributed by atoms with Gasteiger partial charge in [-0.25, -0.2) is 29.9 Å². The quantitative estimate of drug-likeness (QED) is 0.105. The van der Waals surface area contributed by atoms with Crippen LogP contribution in [0.1, 0.15) is 69.5 Å².